The van der Waals surface area contributed by atoms with E-state index in [0.29, 0.717) is 10.9 Å². The summed E-state index contributed by atoms with van der Waals surface area (Å²) in [6.07, 6.45) is 0. The van der Waals surface area contributed by atoms with Gasteiger partial charge < -0.3 is 14.3 Å². The van der Waals surface area contributed by atoms with E-state index in [9.17, 15) is 9.90 Å². The van der Waals surface area contributed by atoms with Crippen LogP contribution in [-0.4, -0.2) is 21.4 Å². The van der Waals surface area contributed by atoms with Crippen LogP contribution in [0.3, 0.4) is 0 Å². The van der Waals surface area contributed by atoms with Gasteiger partial charge in [0.05, 0.1) is 11.2 Å². The number of carbonyl (C=O) groups excluding carboxylic acids is 1. The van der Waals surface area contributed by atoms with E-state index in [2.05, 4.69) is 10.2 Å². The van der Waals surface area contributed by atoms with Crippen LogP contribution >= 0.6 is 23.4 Å². The molecule has 0 bridgehead atoms. The Hall–Kier alpha value is -1.53. The summed E-state index contributed by atoms with van der Waals surface area (Å²) in [7, 11) is 0. The summed E-state index contributed by atoms with van der Waals surface area (Å²) in [5.74, 6) is -0.856. The van der Waals surface area contributed by atoms with Gasteiger partial charge in [0.1, 0.15) is 0 Å². The first-order valence-corrected chi connectivity index (χ1v) is 6.29. The number of nitrogens with zero attached hydrogens (tertiary/aromatic N) is 2. The number of hydrogen-bond donors (Lipinski definition) is 0. The Morgan fingerprint density at radius 1 is 1.39 bits per heavy atom. The summed E-state index contributed by atoms with van der Waals surface area (Å²) in [4.78, 5) is 10.6. The van der Waals surface area contributed by atoms with E-state index >= 15 is 0 Å². The van der Waals surface area contributed by atoms with Gasteiger partial charge in [-0.3, -0.25) is 0 Å². The van der Waals surface area contributed by atoms with Crippen molar-refractivity contribution in [1.82, 2.24) is 10.2 Å². The zero-order valence-electron chi connectivity index (χ0n) is 9.29. The Balaban J connectivity index is 2.15. The van der Waals surface area contributed by atoms with Crippen molar-refractivity contribution < 1.29 is 14.3 Å². The molecule has 0 amide bonds. The smallest absolute Gasteiger partial charge is 0.277 e. The quantitative estimate of drug-likeness (QED) is 0.793. The van der Waals surface area contributed by atoms with Crippen LogP contribution in [0.25, 0.3) is 11.5 Å². The first kappa shape index (κ1) is 12.9. The average Bonchev–Trinajstić information content (AvgIpc) is 2.78. The molecule has 0 radical (unpaired) electrons. The van der Waals surface area contributed by atoms with Crippen LogP contribution in [0.4, 0.5) is 0 Å². The van der Waals surface area contributed by atoms with E-state index in [1.54, 1.807) is 24.3 Å². The van der Waals surface area contributed by atoms with Crippen LogP contribution in [0.1, 0.15) is 6.92 Å². The summed E-state index contributed by atoms with van der Waals surface area (Å²) < 4.78 is 5.34. The molecule has 1 aromatic carbocycles. The molecular weight excluding hydrogens is 276 g/mol. The molecule has 5 nitrogen and oxygen atoms in total. The van der Waals surface area contributed by atoms with Crippen LogP contribution in [0.5, 0.6) is 0 Å². The number of hydrogen-bond acceptors (Lipinski definition) is 6. The van der Waals surface area contributed by atoms with E-state index in [0.717, 1.165) is 17.3 Å². The minimum Gasteiger partial charge on any atom is -0.549 e. The Labute approximate surface area is 112 Å². The van der Waals surface area contributed by atoms with Gasteiger partial charge in [0.15, 0.2) is 0 Å². The normalized spacial score (nSPS) is 12.3. The van der Waals surface area contributed by atoms with Gasteiger partial charge in [-0.15, -0.1) is 10.2 Å². The second-order valence-electron chi connectivity index (χ2n) is 3.46. The Bertz CT molecular complexity index is 556. The molecule has 18 heavy (non-hydrogen) atoms. The number of aromatic nitrogens is 2. The number of halogens is 1. The number of rotatable bonds is 4. The van der Waals surface area contributed by atoms with Gasteiger partial charge >= 0.3 is 0 Å². The van der Waals surface area contributed by atoms with Gasteiger partial charge in [-0.2, -0.15) is 0 Å². The van der Waals surface area contributed by atoms with Crippen molar-refractivity contribution in [2.24, 2.45) is 0 Å². The van der Waals surface area contributed by atoms with Gasteiger partial charge in [0.2, 0.25) is 5.89 Å². The molecule has 0 fully saturated rings. The molecule has 2 rings (SSSR count). The van der Waals surface area contributed by atoms with Gasteiger partial charge in [-0.05, 0) is 31.2 Å². The third kappa shape index (κ3) is 3.02. The maximum Gasteiger partial charge on any atom is 0.277 e. The predicted molar refractivity (Wildman–Crippen MR) is 65.1 cm³/mol. The highest BCUT2D eigenvalue weighted by atomic mass is 35.5. The van der Waals surface area contributed by atoms with Crippen molar-refractivity contribution in [3.8, 4) is 11.5 Å². The number of aliphatic carboxylic acids is 1. The number of carboxylic acids is 1. The first-order chi connectivity index (χ1) is 8.56. The Kier molecular flexibility index (Phi) is 3.88. The zero-order chi connectivity index (χ0) is 13.1. The third-order valence-electron chi connectivity index (χ3n) is 2.11. The van der Waals surface area contributed by atoms with Gasteiger partial charge in [-0.1, -0.05) is 23.4 Å². The second-order valence-corrected chi connectivity index (χ2v) is 5.19. The van der Waals surface area contributed by atoms with Crippen LogP contribution in [0.15, 0.2) is 33.9 Å². The molecule has 0 saturated heterocycles. The van der Waals surface area contributed by atoms with Crippen LogP contribution in [0.2, 0.25) is 5.02 Å². The molecule has 2 aromatic rings. The number of thioether (sulfide) groups is 1. The summed E-state index contributed by atoms with van der Waals surface area (Å²) >= 11 is 6.71. The highest BCUT2D eigenvalue weighted by molar-refractivity contribution is 8.00. The number of carboxylic acid groups (broad SMARTS) is 1. The lowest BCUT2D eigenvalue weighted by Crippen LogP contribution is -2.31. The van der Waals surface area contributed by atoms with Crippen molar-refractivity contribution in [3.05, 3.63) is 29.3 Å². The standard InChI is InChI=1S/C11H9ClN2O3S/c1-6(10(15)16)18-11-14-13-9(17-11)7-2-4-8(12)5-3-7/h2-6H,1H3,(H,15,16)/p-1/t6-/m0/s1. The van der Waals surface area contributed by atoms with Crippen LogP contribution in [-0.2, 0) is 4.79 Å². The highest BCUT2D eigenvalue weighted by Crippen LogP contribution is 2.26. The first-order valence-electron chi connectivity index (χ1n) is 5.03. The maximum absolute atomic E-state index is 10.6. The average molecular weight is 284 g/mol. The van der Waals surface area contributed by atoms with Crippen molar-refractivity contribution in [2.75, 3.05) is 0 Å². The second kappa shape index (κ2) is 5.41. The Morgan fingerprint density at radius 2 is 2.06 bits per heavy atom. The fourth-order valence-electron chi connectivity index (χ4n) is 1.17. The number of benzene rings is 1. The maximum atomic E-state index is 10.6. The van der Waals surface area contributed by atoms with Gasteiger partial charge in [-0.25, -0.2) is 0 Å². The van der Waals surface area contributed by atoms with Gasteiger partial charge in [0.25, 0.3) is 5.22 Å². The largest absolute Gasteiger partial charge is 0.549 e. The third-order valence-corrected chi connectivity index (χ3v) is 3.27. The number of carbonyl (C=O) groups is 1. The van der Waals surface area contributed by atoms with Crippen LogP contribution < -0.4 is 5.11 Å². The van der Waals surface area contributed by atoms with Crippen molar-refractivity contribution in [2.45, 2.75) is 17.4 Å². The van der Waals surface area contributed by atoms with E-state index < -0.39 is 11.2 Å². The lowest BCUT2D eigenvalue weighted by Gasteiger charge is -2.07. The van der Waals surface area contributed by atoms with Crippen molar-refractivity contribution in [3.63, 3.8) is 0 Å². The molecule has 0 aliphatic heterocycles. The summed E-state index contributed by atoms with van der Waals surface area (Å²) in [5.41, 5.74) is 0.722. The summed E-state index contributed by atoms with van der Waals surface area (Å²) in [6.45, 7) is 1.49. The minimum atomic E-state index is -1.17. The molecule has 7 heteroatoms. The molecule has 0 saturated carbocycles. The lowest BCUT2D eigenvalue weighted by molar-refractivity contribution is -0.304. The Morgan fingerprint density at radius 3 is 2.67 bits per heavy atom. The summed E-state index contributed by atoms with van der Waals surface area (Å²) in [6, 6.07) is 6.90. The highest BCUT2D eigenvalue weighted by Gasteiger charge is 2.13. The van der Waals surface area contributed by atoms with Crippen LogP contribution in [0, 0.1) is 0 Å². The minimum absolute atomic E-state index is 0.191. The van der Waals surface area contributed by atoms with E-state index in [1.165, 1.54) is 6.92 Å². The fraction of sp³-hybridized carbons (Fsp3) is 0.182. The molecule has 0 unspecified atom stereocenters. The van der Waals surface area contributed by atoms with E-state index in [-0.39, 0.29) is 5.22 Å². The molecule has 1 atom stereocenters. The molecule has 94 valence electrons. The predicted octanol–water partition coefficient (Wildman–Crippen LogP) is 1.62. The SMILES string of the molecule is C[C@H](Sc1nnc(-c2ccc(Cl)cc2)o1)C(=O)[O-]. The molecule has 0 aliphatic carbocycles. The molecule has 0 spiro atoms. The van der Waals surface area contributed by atoms with E-state index in [1.807, 2.05) is 0 Å². The monoisotopic (exact) mass is 283 g/mol. The lowest BCUT2D eigenvalue weighted by atomic mass is 10.2. The zero-order valence-corrected chi connectivity index (χ0v) is 10.9. The molecular formula is C11H8ClN2O3S-. The van der Waals surface area contributed by atoms with E-state index in [4.69, 9.17) is 16.0 Å². The molecule has 0 N–H and O–H groups in total. The fourth-order valence-corrected chi connectivity index (χ4v) is 1.91. The molecule has 0 aliphatic rings. The summed E-state index contributed by atoms with van der Waals surface area (Å²) in [5, 5.41) is 18.2. The molecule has 1 heterocycles. The molecule has 1 aromatic heterocycles. The van der Waals surface area contributed by atoms with Crippen molar-refractivity contribution in [1.29, 1.82) is 0 Å². The van der Waals surface area contributed by atoms with Gasteiger partial charge in [0, 0.05) is 10.6 Å². The topological polar surface area (TPSA) is 79.0 Å². The van der Waals surface area contributed by atoms with Crippen molar-refractivity contribution >= 4 is 29.3 Å².